The van der Waals surface area contributed by atoms with Crippen LogP contribution in [0.15, 0.2) is 18.3 Å². The quantitative estimate of drug-likeness (QED) is 0.802. The van der Waals surface area contributed by atoms with E-state index in [9.17, 15) is 5.11 Å². The lowest BCUT2D eigenvalue weighted by Crippen LogP contribution is -2.43. The van der Waals surface area contributed by atoms with Crippen LogP contribution in [0.3, 0.4) is 0 Å². The normalized spacial score (nSPS) is 24.3. The number of hydrogen-bond acceptors (Lipinski definition) is 4. The van der Waals surface area contributed by atoms with Crippen LogP contribution < -0.4 is 0 Å². The van der Waals surface area contributed by atoms with Gasteiger partial charge in [-0.05, 0) is 20.0 Å². The molecule has 1 aromatic rings. The van der Waals surface area contributed by atoms with Crippen LogP contribution in [-0.4, -0.2) is 47.8 Å². The number of ether oxygens (including phenoxy) is 1. The number of hydrogen-bond donors (Lipinski definition) is 1. The van der Waals surface area contributed by atoms with E-state index in [4.69, 9.17) is 4.74 Å². The van der Waals surface area contributed by atoms with Crippen LogP contribution in [0, 0.1) is 6.92 Å². The molecule has 4 nitrogen and oxygen atoms in total. The Balaban J connectivity index is 2.06. The molecule has 1 aliphatic heterocycles. The highest BCUT2D eigenvalue weighted by Crippen LogP contribution is 2.21. The molecule has 0 amide bonds. The molecule has 1 aromatic heterocycles. The predicted octanol–water partition coefficient (Wildman–Crippen LogP) is 0.754. The van der Waals surface area contributed by atoms with Crippen molar-refractivity contribution >= 4 is 0 Å². The van der Waals surface area contributed by atoms with Gasteiger partial charge in [-0.3, -0.25) is 4.98 Å². The van der Waals surface area contributed by atoms with Gasteiger partial charge in [0.15, 0.2) is 0 Å². The van der Waals surface area contributed by atoms with Crippen molar-refractivity contribution in [1.82, 2.24) is 9.88 Å². The Morgan fingerprint density at radius 3 is 3.00 bits per heavy atom. The largest absolute Gasteiger partial charge is 0.386 e. The summed E-state index contributed by atoms with van der Waals surface area (Å²) < 4.78 is 5.58. The van der Waals surface area contributed by atoms with Crippen LogP contribution in [0.5, 0.6) is 0 Å². The Labute approximate surface area is 95.9 Å². The van der Waals surface area contributed by atoms with E-state index in [1.807, 2.05) is 26.1 Å². The first-order valence-electron chi connectivity index (χ1n) is 5.57. The van der Waals surface area contributed by atoms with Gasteiger partial charge in [0, 0.05) is 30.5 Å². The van der Waals surface area contributed by atoms with E-state index in [0.29, 0.717) is 6.61 Å². The van der Waals surface area contributed by atoms with Gasteiger partial charge >= 0.3 is 0 Å². The van der Waals surface area contributed by atoms with Crippen molar-refractivity contribution < 1.29 is 9.84 Å². The third-order valence-corrected chi connectivity index (χ3v) is 2.92. The maximum absolute atomic E-state index is 10.2. The number of aliphatic hydroxyl groups is 1. The number of pyridine rings is 1. The average Bonchev–Trinajstić information content (AvgIpc) is 2.29. The molecule has 0 radical (unpaired) electrons. The van der Waals surface area contributed by atoms with Crippen molar-refractivity contribution in [2.45, 2.75) is 19.1 Å². The third kappa shape index (κ3) is 2.58. The van der Waals surface area contributed by atoms with Gasteiger partial charge < -0.3 is 14.7 Å². The standard InChI is InChI=1S/C12H18N2O2/c1-9-3-4-10(7-13-9)12(15)11-8-14(2)5-6-16-11/h3-4,7,11-12,15H,5-6,8H2,1-2H3. The van der Waals surface area contributed by atoms with Crippen LogP contribution in [0.25, 0.3) is 0 Å². The zero-order valence-electron chi connectivity index (χ0n) is 9.76. The second kappa shape index (κ2) is 4.91. The van der Waals surface area contributed by atoms with Crippen molar-refractivity contribution in [3.05, 3.63) is 29.6 Å². The predicted molar refractivity (Wildman–Crippen MR) is 61.2 cm³/mol. The summed E-state index contributed by atoms with van der Waals surface area (Å²) in [5, 5.41) is 10.2. The molecule has 16 heavy (non-hydrogen) atoms. The molecule has 0 spiro atoms. The lowest BCUT2D eigenvalue weighted by molar-refractivity contribution is -0.0845. The summed E-state index contributed by atoms with van der Waals surface area (Å²) in [6.07, 6.45) is 0.983. The summed E-state index contributed by atoms with van der Waals surface area (Å²) in [7, 11) is 2.04. The van der Waals surface area contributed by atoms with E-state index in [-0.39, 0.29) is 6.10 Å². The van der Waals surface area contributed by atoms with Crippen molar-refractivity contribution in [3.63, 3.8) is 0 Å². The molecule has 0 aromatic carbocycles. The van der Waals surface area contributed by atoms with Crippen molar-refractivity contribution in [1.29, 1.82) is 0 Å². The van der Waals surface area contributed by atoms with Crippen LogP contribution in [-0.2, 0) is 4.74 Å². The molecule has 88 valence electrons. The topological polar surface area (TPSA) is 45.6 Å². The van der Waals surface area contributed by atoms with Gasteiger partial charge in [0.2, 0.25) is 0 Å². The molecule has 2 unspecified atom stereocenters. The molecule has 1 N–H and O–H groups in total. The summed E-state index contributed by atoms with van der Waals surface area (Å²) >= 11 is 0. The van der Waals surface area contributed by atoms with Gasteiger partial charge in [0.25, 0.3) is 0 Å². The molecule has 4 heteroatoms. The molecule has 1 aliphatic rings. The number of aromatic nitrogens is 1. The summed E-state index contributed by atoms with van der Waals surface area (Å²) in [5.41, 5.74) is 1.78. The van der Waals surface area contributed by atoms with Crippen molar-refractivity contribution in [3.8, 4) is 0 Å². The highest BCUT2D eigenvalue weighted by molar-refractivity contribution is 5.17. The Bertz CT molecular complexity index is 339. The minimum absolute atomic E-state index is 0.150. The van der Waals surface area contributed by atoms with Crippen LogP contribution in [0.1, 0.15) is 17.4 Å². The minimum atomic E-state index is -0.587. The fraction of sp³-hybridized carbons (Fsp3) is 0.583. The fourth-order valence-corrected chi connectivity index (χ4v) is 1.87. The maximum atomic E-state index is 10.2. The molecular weight excluding hydrogens is 204 g/mol. The molecule has 0 saturated carbocycles. The smallest absolute Gasteiger partial charge is 0.108 e. The number of rotatable bonds is 2. The molecule has 0 bridgehead atoms. The van der Waals surface area contributed by atoms with Crippen LogP contribution in [0.2, 0.25) is 0 Å². The number of aliphatic hydroxyl groups excluding tert-OH is 1. The van der Waals surface area contributed by atoms with Crippen LogP contribution >= 0.6 is 0 Å². The number of aryl methyl sites for hydroxylation is 1. The molecule has 2 rings (SSSR count). The summed E-state index contributed by atoms with van der Waals surface area (Å²) in [6.45, 7) is 4.29. The molecule has 0 aliphatic carbocycles. The number of morpholine rings is 1. The maximum Gasteiger partial charge on any atom is 0.108 e. The molecular formula is C12H18N2O2. The van der Waals surface area contributed by atoms with Gasteiger partial charge in [-0.2, -0.15) is 0 Å². The third-order valence-electron chi connectivity index (χ3n) is 2.92. The fourth-order valence-electron chi connectivity index (χ4n) is 1.87. The lowest BCUT2D eigenvalue weighted by Gasteiger charge is -2.32. The van der Waals surface area contributed by atoms with Crippen LogP contribution in [0.4, 0.5) is 0 Å². The summed E-state index contributed by atoms with van der Waals surface area (Å²) in [6, 6.07) is 3.82. The highest BCUT2D eigenvalue weighted by Gasteiger charge is 2.26. The number of nitrogens with zero attached hydrogens (tertiary/aromatic N) is 2. The monoisotopic (exact) mass is 222 g/mol. The van der Waals surface area contributed by atoms with Gasteiger partial charge in [0.05, 0.1) is 6.61 Å². The Morgan fingerprint density at radius 2 is 2.38 bits per heavy atom. The van der Waals surface area contributed by atoms with E-state index < -0.39 is 6.10 Å². The average molecular weight is 222 g/mol. The minimum Gasteiger partial charge on any atom is -0.386 e. The van der Waals surface area contributed by atoms with E-state index >= 15 is 0 Å². The Hall–Kier alpha value is -0.970. The second-order valence-electron chi connectivity index (χ2n) is 4.35. The second-order valence-corrected chi connectivity index (χ2v) is 4.35. The van der Waals surface area contributed by atoms with Gasteiger partial charge in [0.1, 0.15) is 12.2 Å². The van der Waals surface area contributed by atoms with Crippen molar-refractivity contribution in [2.24, 2.45) is 0 Å². The molecule has 1 fully saturated rings. The lowest BCUT2D eigenvalue weighted by atomic mass is 10.0. The molecule has 2 atom stereocenters. The zero-order valence-corrected chi connectivity index (χ0v) is 9.76. The van der Waals surface area contributed by atoms with E-state index in [0.717, 1.165) is 24.3 Å². The zero-order chi connectivity index (χ0) is 11.5. The van der Waals surface area contributed by atoms with Crippen molar-refractivity contribution in [2.75, 3.05) is 26.7 Å². The van der Waals surface area contributed by atoms with E-state index in [1.165, 1.54) is 0 Å². The highest BCUT2D eigenvalue weighted by atomic mass is 16.5. The first kappa shape index (κ1) is 11.5. The Morgan fingerprint density at radius 1 is 1.56 bits per heavy atom. The molecule has 1 saturated heterocycles. The SMILES string of the molecule is Cc1ccc(C(O)C2CN(C)CCO2)cn1. The first-order chi connectivity index (χ1) is 7.66. The summed E-state index contributed by atoms with van der Waals surface area (Å²) in [5.74, 6) is 0. The Kier molecular flexibility index (Phi) is 3.53. The van der Waals surface area contributed by atoms with Gasteiger partial charge in [-0.1, -0.05) is 6.07 Å². The van der Waals surface area contributed by atoms with Gasteiger partial charge in [-0.15, -0.1) is 0 Å². The van der Waals surface area contributed by atoms with E-state index in [1.54, 1.807) is 6.20 Å². The van der Waals surface area contributed by atoms with Gasteiger partial charge in [-0.25, -0.2) is 0 Å². The summed E-state index contributed by atoms with van der Waals surface area (Å²) in [4.78, 5) is 6.35. The molecule has 2 heterocycles. The first-order valence-corrected chi connectivity index (χ1v) is 5.57. The van der Waals surface area contributed by atoms with E-state index in [2.05, 4.69) is 9.88 Å². The number of likely N-dealkylation sites (N-methyl/N-ethyl adjacent to an activating group) is 1.